The minimum absolute atomic E-state index is 0.0292. The molecule has 1 unspecified atom stereocenters. The van der Waals surface area contributed by atoms with Crippen LogP contribution in [-0.2, 0) is 4.79 Å². The first-order valence-corrected chi connectivity index (χ1v) is 7.14. The highest BCUT2D eigenvalue weighted by molar-refractivity contribution is 5.92. The van der Waals surface area contributed by atoms with E-state index in [-0.39, 0.29) is 11.8 Å². The van der Waals surface area contributed by atoms with Crippen LogP contribution in [-0.4, -0.2) is 34.2 Å². The van der Waals surface area contributed by atoms with Crippen LogP contribution in [0.2, 0.25) is 0 Å². The Morgan fingerprint density at radius 1 is 1.33 bits per heavy atom. The predicted molar refractivity (Wildman–Crippen MR) is 80.7 cm³/mol. The van der Waals surface area contributed by atoms with E-state index in [0.29, 0.717) is 11.7 Å². The van der Waals surface area contributed by atoms with E-state index in [0.717, 1.165) is 30.2 Å². The van der Waals surface area contributed by atoms with E-state index in [2.05, 4.69) is 25.8 Å². The van der Waals surface area contributed by atoms with Crippen molar-refractivity contribution in [1.29, 1.82) is 0 Å². The van der Waals surface area contributed by atoms with Gasteiger partial charge in [0.05, 0.1) is 0 Å². The number of nitrogens with one attached hydrogen (secondary N) is 3. The van der Waals surface area contributed by atoms with Crippen molar-refractivity contribution in [3.63, 3.8) is 0 Å². The number of carbonyl (C=O) groups excluding carboxylic acids is 1. The van der Waals surface area contributed by atoms with Crippen LogP contribution in [0.3, 0.4) is 0 Å². The molecule has 1 fully saturated rings. The highest BCUT2D eigenvalue weighted by atomic mass is 16.1. The summed E-state index contributed by atoms with van der Waals surface area (Å²) in [6.07, 6.45) is 0. The first kappa shape index (κ1) is 13.8. The number of benzene rings is 1. The molecule has 0 radical (unpaired) electrons. The maximum atomic E-state index is 12.1. The summed E-state index contributed by atoms with van der Waals surface area (Å²) in [6.45, 7) is 5.70. The van der Waals surface area contributed by atoms with Gasteiger partial charge in [-0.05, 0) is 50.2 Å². The van der Waals surface area contributed by atoms with Gasteiger partial charge in [0.15, 0.2) is 5.82 Å². The quantitative estimate of drug-likeness (QED) is 0.796. The fourth-order valence-electron chi connectivity index (χ4n) is 2.31. The first-order valence-electron chi connectivity index (χ1n) is 7.14. The monoisotopic (exact) mass is 285 g/mol. The minimum atomic E-state index is 0.0292. The largest absolute Gasteiger partial charge is 0.326 e. The number of nitrogens with zero attached hydrogens (tertiary/aromatic N) is 2. The highest BCUT2D eigenvalue weighted by Crippen LogP contribution is 2.21. The van der Waals surface area contributed by atoms with Crippen molar-refractivity contribution < 1.29 is 4.79 Å². The normalized spacial score (nSPS) is 16.3. The number of aromatic nitrogens is 3. The van der Waals surface area contributed by atoms with Crippen LogP contribution >= 0.6 is 0 Å². The lowest BCUT2D eigenvalue weighted by atomic mass is 9.88. The van der Waals surface area contributed by atoms with E-state index >= 15 is 0 Å². The van der Waals surface area contributed by atoms with Crippen molar-refractivity contribution in [2.24, 2.45) is 11.8 Å². The summed E-state index contributed by atoms with van der Waals surface area (Å²) in [5.41, 5.74) is 1.73. The number of hydrogen-bond acceptors (Lipinski definition) is 4. The molecule has 1 aliphatic rings. The van der Waals surface area contributed by atoms with Crippen molar-refractivity contribution in [3.8, 4) is 11.4 Å². The molecule has 2 heterocycles. The molecule has 6 nitrogen and oxygen atoms in total. The van der Waals surface area contributed by atoms with E-state index < -0.39 is 0 Å². The van der Waals surface area contributed by atoms with Crippen molar-refractivity contribution in [2.45, 2.75) is 13.8 Å². The third-order valence-corrected chi connectivity index (χ3v) is 3.94. The molecule has 1 atom stereocenters. The topological polar surface area (TPSA) is 82.7 Å². The Morgan fingerprint density at radius 3 is 2.57 bits per heavy atom. The summed E-state index contributed by atoms with van der Waals surface area (Å²) in [7, 11) is 0. The van der Waals surface area contributed by atoms with E-state index in [1.807, 2.05) is 38.1 Å². The summed E-state index contributed by atoms with van der Waals surface area (Å²) in [5.74, 6) is 2.00. The van der Waals surface area contributed by atoms with Crippen LogP contribution in [0, 0.1) is 18.8 Å². The summed E-state index contributed by atoms with van der Waals surface area (Å²) in [5, 5.41) is 13.1. The number of hydrogen-bond donors (Lipinski definition) is 3. The first-order chi connectivity index (χ1) is 10.1. The number of aryl methyl sites for hydroxylation is 1. The molecule has 1 saturated heterocycles. The van der Waals surface area contributed by atoms with Crippen LogP contribution in [0.5, 0.6) is 0 Å². The summed E-state index contributed by atoms with van der Waals surface area (Å²) < 4.78 is 0. The summed E-state index contributed by atoms with van der Waals surface area (Å²) >= 11 is 0. The molecule has 1 amide bonds. The van der Waals surface area contributed by atoms with Crippen molar-refractivity contribution in [1.82, 2.24) is 20.5 Å². The number of amides is 1. The lowest BCUT2D eigenvalue weighted by molar-refractivity contribution is -0.121. The molecular weight excluding hydrogens is 266 g/mol. The fraction of sp³-hybridized carbons (Fsp3) is 0.400. The van der Waals surface area contributed by atoms with Gasteiger partial charge in [0, 0.05) is 17.2 Å². The van der Waals surface area contributed by atoms with E-state index in [4.69, 9.17) is 0 Å². The van der Waals surface area contributed by atoms with Crippen LogP contribution in [0.15, 0.2) is 24.3 Å². The fourth-order valence-corrected chi connectivity index (χ4v) is 2.31. The molecule has 110 valence electrons. The minimum Gasteiger partial charge on any atom is -0.326 e. The van der Waals surface area contributed by atoms with Gasteiger partial charge in [-0.3, -0.25) is 9.89 Å². The van der Waals surface area contributed by atoms with Gasteiger partial charge in [-0.25, -0.2) is 4.98 Å². The Hall–Kier alpha value is -2.21. The average Bonchev–Trinajstić information content (AvgIpc) is 2.84. The number of anilines is 1. The molecule has 3 N–H and O–H groups in total. The Labute approximate surface area is 123 Å². The summed E-state index contributed by atoms with van der Waals surface area (Å²) in [4.78, 5) is 16.4. The van der Waals surface area contributed by atoms with Gasteiger partial charge in [-0.1, -0.05) is 6.92 Å². The van der Waals surface area contributed by atoms with Gasteiger partial charge >= 0.3 is 0 Å². The van der Waals surface area contributed by atoms with Gasteiger partial charge in [0.25, 0.3) is 0 Å². The SMILES string of the molecule is Cc1nc(-c2ccc(NC(=O)C(C)C3CNC3)cc2)n[nH]1. The molecule has 1 aromatic carbocycles. The molecule has 1 aromatic heterocycles. The molecule has 3 rings (SSSR count). The zero-order valence-corrected chi connectivity index (χ0v) is 12.2. The third-order valence-electron chi connectivity index (χ3n) is 3.94. The van der Waals surface area contributed by atoms with Gasteiger partial charge in [0.1, 0.15) is 5.82 Å². The smallest absolute Gasteiger partial charge is 0.227 e. The Balaban J connectivity index is 1.65. The summed E-state index contributed by atoms with van der Waals surface area (Å²) in [6, 6.07) is 7.58. The predicted octanol–water partition coefficient (Wildman–Crippen LogP) is 1.57. The van der Waals surface area contributed by atoms with Gasteiger partial charge in [0.2, 0.25) is 5.91 Å². The van der Waals surface area contributed by atoms with Crippen LogP contribution in [0.4, 0.5) is 5.69 Å². The van der Waals surface area contributed by atoms with E-state index in [9.17, 15) is 4.79 Å². The van der Waals surface area contributed by atoms with Crippen LogP contribution in [0.1, 0.15) is 12.7 Å². The maximum Gasteiger partial charge on any atom is 0.227 e. The highest BCUT2D eigenvalue weighted by Gasteiger charge is 2.28. The van der Waals surface area contributed by atoms with Crippen molar-refractivity contribution in [2.75, 3.05) is 18.4 Å². The zero-order chi connectivity index (χ0) is 14.8. The molecular formula is C15H19N5O. The second kappa shape index (κ2) is 5.65. The molecule has 0 saturated carbocycles. The zero-order valence-electron chi connectivity index (χ0n) is 12.2. The lowest BCUT2D eigenvalue weighted by Crippen LogP contribution is -2.48. The Kier molecular flexibility index (Phi) is 3.70. The van der Waals surface area contributed by atoms with Crippen LogP contribution < -0.4 is 10.6 Å². The van der Waals surface area contributed by atoms with E-state index in [1.165, 1.54) is 0 Å². The van der Waals surface area contributed by atoms with Gasteiger partial charge in [-0.2, -0.15) is 5.10 Å². The molecule has 0 spiro atoms. The molecule has 0 bridgehead atoms. The molecule has 0 aliphatic carbocycles. The second-order valence-electron chi connectivity index (χ2n) is 5.52. The molecule has 1 aliphatic heterocycles. The van der Waals surface area contributed by atoms with Crippen LogP contribution in [0.25, 0.3) is 11.4 Å². The molecule has 2 aromatic rings. The van der Waals surface area contributed by atoms with Crippen molar-refractivity contribution >= 4 is 11.6 Å². The number of H-pyrrole nitrogens is 1. The van der Waals surface area contributed by atoms with E-state index in [1.54, 1.807) is 0 Å². The molecule has 6 heteroatoms. The standard InChI is InChI=1S/C15H19N5O/c1-9(12-7-16-8-12)15(21)18-13-5-3-11(4-6-13)14-17-10(2)19-20-14/h3-6,9,12,16H,7-8H2,1-2H3,(H,18,21)(H,17,19,20). The number of aromatic amines is 1. The lowest BCUT2D eigenvalue weighted by Gasteiger charge is -2.31. The number of carbonyl (C=O) groups is 1. The average molecular weight is 285 g/mol. The van der Waals surface area contributed by atoms with Crippen molar-refractivity contribution in [3.05, 3.63) is 30.1 Å². The van der Waals surface area contributed by atoms with Gasteiger partial charge in [-0.15, -0.1) is 0 Å². The Morgan fingerprint density at radius 2 is 2.05 bits per heavy atom. The van der Waals surface area contributed by atoms with Gasteiger partial charge < -0.3 is 10.6 Å². The second-order valence-corrected chi connectivity index (χ2v) is 5.52. The maximum absolute atomic E-state index is 12.1. The third kappa shape index (κ3) is 2.95. The molecule has 21 heavy (non-hydrogen) atoms. The Bertz CT molecular complexity index is 630. The number of rotatable bonds is 4.